The lowest BCUT2D eigenvalue weighted by Crippen LogP contribution is -2.05. The summed E-state index contributed by atoms with van der Waals surface area (Å²) in [6.45, 7) is 2.07. The molecular formula is C11H10BrNO3S. The zero-order valence-corrected chi connectivity index (χ0v) is 11.5. The SMILES string of the molecule is CCOC(=O)c1onc(-c2cccs2)c1CBr. The smallest absolute Gasteiger partial charge is 0.377 e. The molecule has 6 heteroatoms. The maximum Gasteiger partial charge on any atom is 0.377 e. The third-order valence-corrected chi connectivity index (χ3v) is 3.57. The molecule has 4 nitrogen and oxygen atoms in total. The normalized spacial score (nSPS) is 10.5. The van der Waals surface area contributed by atoms with E-state index in [0.29, 0.717) is 17.6 Å². The van der Waals surface area contributed by atoms with E-state index in [2.05, 4.69) is 21.1 Å². The summed E-state index contributed by atoms with van der Waals surface area (Å²) < 4.78 is 9.99. The Morgan fingerprint density at radius 1 is 1.65 bits per heavy atom. The Labute approximate surface area is 111 Å². The van der Waals surface area contributed by atoms with Crippen molar-refractivity contribution in [3.63, 3.8) is 0 Å². The fraction of sp³-hybridized carbons (Fsp3) is 0.273. The molecule has 17 heavy (non-hydrogen) atoms. The predicted octanol–water partition coefficient (Wildman–Crippen LogP) is 3.47. The van der Waals surface area contributed by atoms with Crippen LogP contribution in [-0.2, 0) is 10.1 Å². The first-order valence-corrected chi connectivity index (χ1v) is 7.03. The molecule has 2 aromatic heterocycles. The van der Waals surface area contributed by atoms with Crippen LogP contribution in [0, 0.1) is 0 Å². The molecule has 0 unspecified atom stereocenters. The molecule has 0 aliphatic heterocycles. The zero-order chi connectivity index (χ0) is 12.3. The molecule has 2 heterocycles. The minimum Gasteiger partial charge on any atom is -0.460 e. The first-order valence-electron chi connectivity index (χ1n) is 5.03. The van der Waals surface area contributed by atoms with Gasteiger partial charge in [-0.25, -0.2) is 4.79 Å². The van der Waals surface area contributed by atoms with Crippen LogP contribution in [0.1, 0.15) is 23.0 Å². The lowest BCUT2D eigenvalue weighted by molar-refractivity contribution is 0.0478. The summed E-state index contributed by atoms with van der Waals surface area (Å²) >= 11 is 4.89. The number of carbonyl (C=O) groups excluding carboxylic acids is 1. The molecular weight excluding hydrogens is 306 g/mol. The lowest BCUT2D eigenvalue weighted by Gasteiger charge is -1.99. The number of halogens is 1. The number of thiophene rings is 1. The highest BCUT2D eigenvalue weighted by atomic mass is 79.9. The van der Waals surface area contributed by atoms with E-state index >= 15 is 0 Å². The first-order chi connectivity index (χ1) is 8.27. The van der Waals surface area contributed by atoms with E-state index in [9.17, 15) is 4.79 Å². The highest BCUT2D eigenvalue weighted by molar-refractivity contribution is 9.08. The van der Waals surface area contributed by atoms with Gasteiger partial charge in [0.1, 0.15) is 5.69 Å². The van der Waals surface area contributed by atoms with Gasteiger partial charge in [0.2, 0.25) is 5.76 Å². The van der Waals surface area contributed by atoms with Gasteiger partial charge in [0, 0.05) is 10.9 Å². The van der Waals surface area contributed by atoms with Gasteiger partial charge >= 0.3 is 5.97 Å². The van der Waals surface area contributed by atoms with Gasteiger partial charge in [0.15, 0.2) is 0 Å². The fourth-order valence-electron chi connectivity index (χ4n) is 1.40. The van der Waals surface area contributed by atoms with Crippen molar-refractivity contribution >= 4 is 33.2 Å². The molecule has 0 aliphatic carbocycles. The van der Waals surface area contributed by atoms with Crippen molar-refractivity contribution in [2.45, 2.75) is 12.3 Å². The number of carbonyl (C=O) groups is 1. The monoisotopic (exact) mass is 315 g/mol. The quantitative estimate of drug-likeness (QED) is 0.640. The second-order valence-corrected chi connectivity index (χ2v) is 4.68. The number of hydrogen-bond donors (Lipinski definition) is 0. The van der Waals surface area contributed by atoms with Gasteiger partial charge in [-0.1, -0.05) is 27.2 Å². The topological polar surface area (TPSA) is 52.3 Å². The molecule has 2 aromatic rings. The average Bonchev–Trinajstić information content (AvgIpc) is 2.97. The van der Waals surface area contributed by atoms with Crippen LogP contribution >= 0.6 is 27.3 Å². The highest BCUT2D eigenvalue weighted by Gasteiger charge is 2.23. The van der Waals surface area contributed by atoms with Gasteiger partial charge in [-0.15, -0.1) is 11.3 Å². The zero-order valence-electron chi connectivity index (χ0n) is 9.10. The van der Waals surface area contributed by atoms with Gasteiger partial charge in [0.05, 0.1) is 11.5 Å². The number of nitrogens with zero attached hydrogens (tertiary/aromatic N) is 1. The Balaban J connectivity index is 2.40. The molecule has 0 saturated heterocycles. The van der Waals surface area contributed by atoms with Crippen LogP contribution in [0.25, 0.3) is 10.6 Å². The average molecular weight is 316 g/mol. The summed E-state index contributed by atoms with van der Waals surface area (Å²) in [6, 6.07) is 3.86. The standard InChI is InChI=1S/C11H10BrNO3S/c1-2-15-11(14)10-7(6-12)9(13-16-10)8-4-3-5-17-8/h3-5H,2,6H2,1H3. The minimum absolute atomic E-state index is 0.173. The molecule has 0 amide bonds. The largest absolute Gasteiger partial charge is 0.460 e. The number of esters is 1. The third-order valence-electron chi connectivity index (χ3n) is 2.14. The third kappa shape index (κ3) is 2.42. The molecule has 90 valence electrons. The van der Waals surface area contributed by atoms with Gasteiger partial charge in [-0.05, 0) is 18.4 Å². The van der Waals surface area contributed by atoms with Crippen LogP contribution in [0.5, 0.6) is 0 Å². The Bertz CT molecular complexity index is 507. The van der Waals surface area contributed by atoms with E-state index in [1.165, 1.54) is 0 Å². The summed E-state index contributed by atoms with van der Waals surface area (Å²) in [5.41, 5.74) is 1.42. The summed E-state index contributed by atoms with van der Waals surface area (Å²) in [6.07, 6.45) is 0. The van der Waals surface area contributed by atoms with Crippen LogP contribution in [0.2, 0.25) is 0 Å². The van der Waals surface area contributed by atoms with Crippen molar-refractivity contribution in [1.82, 2.24) is 5.16 Å². The maximum absolute atomic E-state index is 11.6. The lowest BCUT2D eigenvalue weighted by atomic mass is 10.2. The molecule has 0 fully saturated rings. The fourth-order valence-corrected chi connectivity index (χ4v) is 2.65. The molecule has 0 saturated carbocycles. The van der Waals surface area contributed by atoms with E-state index in [1.807, 2.05) is 17.5 Å². The van der Waals surface area contributed by atoms with Crippen LogP contribution in [-0.4, -0.2) is 17.7 Å². The molecule has 0 radical (unpaired) electrons. The Morgan fingerprint density at radius 3 is 3.06 bits per heavy atom. The van der Waals surface area contributed by atoms with Crippen molar-refractivity contribution in [3.05, 3.63) is 28.8 Å². The Hall–Kier alpha value is -1.14. The highest BCUT2D eigenvalue weighted by Crippen LogP contribution is 2.30. The van der Waals surface area contributed by atoms with Crippen molar-refractivity contribution < 1.29 is 14.1 Å². The molecule has 2 rings (SSSR count). The van der Waals surface area contributed by atoms with Crippen molar-refractivity contribution in [2.75, 3.05) is 6.61 Å². The van der Waals surface area contributed by atoms with Crippen LogP contribution in [0.3, 0.4) is 0 Å². The van der Waals surface area contributed by atoms with E-state index in [0.717, 1.165) is 10.4 Å². The minimum atomic E-state index is -0.475. The number of alkyl halides is 1. The first kappa shape index (κ1) is 12.3. The van der Waals surface area contributed by atoms with Gasteiger partial charge in [-0.2, -0.15) is 0 Å². The second-order valence-electron chi connectivity index (χ2n) is 3.17. The second kappa shape index (κ2) is 5.46. The summed E-state index contributed by atoms with van der Waals surface area (Å²) in [4.78, 5) is 12.6. The van der Waals surface area contributed by atoms with E-state index in [-0.39, 0.29) is 5.76 Å². The molecule has 0 N–H and O–H groups in total. The molecule has 0 bridgehead atoms. The molecule has 0 spiro atoms. The van der Waals surface area contributed by atoms with Crippen LogP contribution in [0.15, 0.2) is 22.0 Å². The number of ether oxygens (including phenoxy) is 1. The van der Waals surface area contributed by atoms with E-state index in [1.54, 1.807) is 18.3 Å². The predicted molar refractivity (Wildman–Crippen MR) is 68.4 cm³/mol. The van der Waals surface area contributed by atoms with Crippen molar-refractivity contribution in [3.8, 4) is 10.6 Å². The number of aromatic nitrogens is 1. The Kier molecular flexibility index (Phi) is 3.96. The van der Waals surface area contributed by atoms with Gasteiger partial charge < -0.3 is 9.26 Å². The van der Waals surface area contributed by atoms with Gasteiger partial charge in [0.25, 0.3) is 0 Å². The van der Waals surface area contributed by atoms with E-state index in [4.69, 9.17) is 9.26 Å². The summed E-state index contributed by atoms with van der Waals surface area (Å²) in [5.74, 6) is -0.301. The molecule has 0 aliphatic rings. The van der Waals surface area contributed by atoms with Crippen LogP contribution in [0.4, 0.5) is 0 Å². The summed E-state index contributed by atoms with van der Waals surface area (Å²) in [7, 11) is 0. The number of rotatable bonds is 4. The Morgan fingerprint density at radius 2 is 2.47 bits per heavy atom. The molecule has 0 aromatic carbocycles. The van der Waals surface area contributed by atoms with Crippen molar-refractivity contribution in [2.24, 2.45) is 0 Å². The van der Waals surface area contributed by atoms with Crippen molar-refractivity contribution in [1.29, 1.82) is 0 Å². The van der Waals surface area contributed by atoms with E-state index < -0.39 is 5.97 Å². The van der Waals surface area contributed by atoms with Gasteiger partial charge in [-0.3, -0.25) is 0 Å². The maximum atomic E-state index is 11.6. The summed E-state index contributed by atoms with van der Waals surface area (Å²) in [5, 5.41) is 6.39. The molecule has 0 atom stereocenters. The number of hydrogen-bond acceptors (Lipinski definition) is 5. The van der Waals surface area contributed by atoms with Crippen LogP contribution < -0.4 is 0 Å².